The van der Waals surface area contributed by atoms with Gasteiger partial charge in [-0.1, -0.05) is 18.2 Å². The number of nitrogens with zero attached hydrogens (tertiary/aromatic N) is 1. The first-order valence-electron chi connectivity index (χ1n) is 9.87. The molecule has 0 aromatic heterocycles. The Balaban J connectivity index is 1.65. The Labute approximate surface area is 148 Å². The fourth-order valence-electron chi connectivity index (χ4n) is 8.03. The number of hydrogen-bond acceptors (Lipinski definition) is 4. The van der Waals surface area contributed by atoms with Crippen LogP contribution in [-0.4, -0.2) is 42.6 Å². The van der Waals surface area contributed by atoms with E-state index in [-0.39, 0.29) is 22.8 Å². The molecule has 132 valence electrons. The number of benzene rings is 1. The maximum Gasteiger partial charge on any atom is 0.311 e. The number of nitrogens with one attached hydrogen (secondary N) is 1. The van der Waals surface area contributed by atoms with Gasteiger partial charge in [0.05, 0.1) is 18.6 Å². The molecule has 4 nitrogen and oxygen atoms in total. The molecule has 1 aromatic carbocycles. The predicted octanol–water partition coefficient (Wildman–Crippen LogP) is 2.93. The highest BCUT2D eigenvalue weighted by molar-refractivity contribution is 5.80. The number of rotatable bonds is 1. The van der Waals surface area contributed by atoms with Gasteiger partial charge in [-0.25, -0.2) is 0 Å². The molecule has 2 bridgehead atoms. The molecule has 3 saturated carbocycles. The molecule has 3 spiro atoms. The van der Waals surface area contributed by atoms with Crippen molar-refractivity contribution in [3.63, 3.8) is 0 Å². The molecule has 2 unspecified atom stereocenters. The summed E-state index contributed by atoms with van der Waals surface area (Å²) in [6, 6.07) is 9.45. The molecule has 3 aliphatic heterocycles. The summed E-state index contributed by atoms with van der Waals surface area (Å²) in [5, 5.41) is 3.92. The predicted molar refractivity (Wildman–Crippen MR) is 95.5 cm³/mol. The second-order valence-corrected chi connectivity index (χ2v) is 9.05. The fraction of sp³-hybridized carbons (Fsp3) is 0.667. The maximum absolute atomic E-state index is 12.9. The van der Waals surface area contributed by atoms with Crippen molar-refractivity contribution >= 4 is 11.7 Å². The smallest absolute Gasteiger partial charge is 0.311 e. The van der Waals surface area contributed by atoms with Gasteiger partial charge in [-0.15, -0.1) is 0 Å². The summed E-state index contributed by atoms with van der Waals surface area (Å²) in [5.74, 6) is -0.0193. The van der Waals surface area contributed by atoms with Crippen LogP contribution in [0.5, 0.6) is 0 Å². The molecular formula is C21H26N2O2. The lowest BCUT2D eigenvalue weighted by Gasteiger charge is -2.69. The van der Waals surface area contributed by atoms with Gasteiger partial charge in [0.15, 0.2) is 0 Å². The third-order valence-electron chi connectivity index (χ3n) is 8.60. The second kappa shape index (κ2) is 4.40. The van der Waals surface area contributed by atoms with Gasteiger partial charge in [-0.05, 0) is 68.7 Å². The third-order valence-corrected chi connectivity index (χ3v) is 8.60. The zero-order chi connectivity index (χ0) is 16.9. The van der Waals surface area contributed by atoms with Crippen LogP contribution >= 0.6 is 0 Å². The van der Waals surface area contributed by atoms with E-state index in [9.17, 15) is 4.79 Å². The minimum Gasteiger partial charge on any atom is -0.469 e. The van der Waals surface area contributed by atoms with E-state index < -0.39 is 0 Å². The fourth-order valence-corrected chi connectivity index (χ4v) is 8.03. The van der Waals surface area contributed by atoms with Gasteiger partial charge in [-0.3, -0.25) is 9.69 Å². The molecule has 25 heavy (non-hydrogen) atoms. The summed E-state index contributed by atoms with van der Waals surface area (Å²) in [5.41, 5.74) is 2.97. The van der Waals surface area contributed by atoms with Crippen LogP contribution in [0.4, 0.5) is 5.69 Å². The minimum absolute atomic E-state index is 0.00114. The van der Waals surface area contributed by atoms with Gasteiger partial charge >= 0.3 is 5.97 Å². The van der Waals surface area contributed by atoms with Crippen LogP contribution in [0.25, 0.3) is 0 Å². The van der Waals surface area contributed by atoms with Crippen LogP contribution in [0.3, 0.4) is 0 Å². The SMILES string of the molecule is COC(=O)[C@@H]1CC23CCCN4CC[C@]5(c6ccccc6NC15CC2)[C@H]43. The molecule has 7 rings (SSSR count). The maximum atomic E-state index is 12.9. The van der Waals surface area contributed by atoms with E-state index in [0.717, 1.165) is 12.8 Å². The number of fused-ring (bicyclic) bond motifs is 3. The number of esters is 1. The molecule has 2 saturated heterocycles. The second-order valence-electron chi connectivity index (χ2n) is 9.05. The molecule has 0 radical (unpaired) electrons. The van der Waals surface area contributed by atoms with Crippen molar-refractivity contribution in [3.8, 4) is 0 Å². The lowest BCUT2D eigenvalue weighted by Crippen LogP contribution is -2.76. The lowest BCUT2D eigenvalue weighted by molar-refractivity contribution is -0.171. The van der Waals surface area contributed by atoms with Gasteiger partial charge in [0.2, 0.25) is 0 Å². The standard InChI is InChI=1S/C21H26N2O2/c1-25-17(24)15-13-19-7-4-11-23-12-10-20(18(19)23)14-5-2-3-6-16(14)22-21(15,20)9-8-19/h2-3,5-6,15,18,22H,4,7-13H2,1H3/t15-,18+,19?,20-,21?/m0/s1. The number of methoxy groups -OCH3 is 1. The van der Waals surface area contributed by atoms with Gasteiger partial charge in [-0.2, -0.15) is 0 Å². The quantitative estimate of drug-likeness (QED) is 0.800. The number of carbonyl (C=O) groups excluding carboxylic acids is 1. The van der Waals surface area contributed by atoms with Crippen LogP contribution in [0.15, 0.2) is 24.3 Å². The lowest BCUT2D eigenvalue weighted by atomic mass is 9.39. The highest BCUT2D eigenvalue weighted by Crippen LogP contribution is 2.74. The van der Waals surface area contributed by atoms with Gasteiger partial charge in [0, 0.05) is 17.1 Å². The Morgan fingerprint density at radius 1 is 1.20 bits per heavy atom. The first kappa shape index (κ1) is 14.6. The Morgan fingerprint density at radius 3 is 2.96 bits per heavy atom. The number of hydrogen-bond donors (Lipinski definition) is 1. The van der Waals surface area contributed by atoms with Crippen LogP contribution in [0, 0.1) is 11.3 Å². The molecule has 6 aliphatic rings. The van der Waals surface area contributed by atoms with Crippen LogP contribution < -0.4 is 5.32 Å². The number of carbonyl (C=O) groups is 1. The Hall–Kier alpha value is -1.55. The summed E-state index contributed by atoms with van der Waals surface area (Å²) >= 11 is 0. The third kappa shape index (κ3) is 1.38. The van der Waals surface area contributed by atoms with Crippen molar-refractivity contribution in [3.05, 3.63) is 29.8 Å². The number of piperidine rings is 1. The topological polar surface area (TPSA) is 41.6 Å². The minimum atomic E-state index is -0.151. The molecular weight excluding hydrogens is 312 g/mol. The molecule has 5 atom stereocenters. The summed E-state index contributed by atoms with van der Waals surface area (Å²) in [7, 11) is 1.56. The molecule has 4 heteroatoms. The zero-order valence-electron chi connectivity index (χ0n) is 14.9. The largest absolute Gasteiger partial charge is 0.469 e. The average molecular weight is 338 g/mol. The van der Waals surface area contributed by atoms with E-state index >= 15 is 0 Å². The van der Waals surface area contributed by atoms with E-state index in [2.05, 4.69) is 34.5 Å². The van der Waals surface area contributed by atoms with E-state index in [1.54, 1.807) is 7.11 Å². The van der Waals surface area contributed by atoms with E-state index in [0.29, 0.717) is 11.5 Å². The molecule has 0 amide bonds. The van der Waals surface area contributed by atoms with Crippen molar-refractivity contribution in [2.75, 3.05) is 25.5 Å². The molecule has 5 fully saturated rings. The summed E-state index contributed by atoms with van der Waals surface area (Å²) in [4.78, 5) is 15.7. The van der Waals surface area contributed by atoms with E-state index in [1.165, 1.54) is 50.0 Å². The molecule has 3 heterocycles. The van der Waals surface area contributed by atoms with Gasteiger partial charge in [0.25, 0.3) is 0 Å². The Bertz CT molecular complexity index is 779. The molecule has 1 N–H and O–H groups in total. The van der Waals surface area contributed by atoms with E-state index in [4.69, 9.17) is 4.74 Å². The van der Waals surface area contributed by atoms with Gasteiger partial charge < -0.3 is 10.1 Å². The highest BCUT2D eigenvalue weighted by Gasteiger charge is 2.78. The van der Waals surface area contributed by atoms with Crippen molar-refractivity contribution in [2.24, 2.45) is 11.3 Å². The summed E-state index contributed by atoms with van der Waals surface area (Å²) in [6.45, 7) is 2.41. The number of ether oxygens (including phenoxy) is 1. The highest BCUT2D eigenvalue weighted by atomic mass is 16.5. The van der Waals surface area contributed by atoms with Crippen molar-refractivity contribution in [2.45, 2.75) is 55.5 Å². The normalized spacial score (nSPS) is 46.1. The monoisotopic (exact) mass is 338 g/mol. The average Bonchev–Trinajstić information content (AvgIpc) is 3.19. The van der Waals surface area contributed by atoms with Crippen LogP contribution in [-0.2, 0) is 14.9 Å². The summed E-state index contributed by atoms with van der Waals surface area (Å²) < 4.78 is 5.33. The summed E-state index contributed by atoms with van der Waals surface area (Å²) in [6.07, 6.45) is 7.10. The van der Waals surface area contributed by atoms with Crippen LogP contribution in [0.2, 0.25) is 0 Å². The van der Waals surface area contributed by atoms with Crippen molar-refractivity contribution < 1.29 is 9.53 Å². The van der Waals surface area contributed by atoms with Gasteiger partial charge in [0.1, 0.15) is 0 Å². The first-order chi connectivity index (χ1) is 12.2. The molecule has 1 aromatic rings. The van der Waals surface area contributed by atoms with Crippen molar-refractivity contribution in [1.82, 2.24) is 4.90 Å². The first-order valence-corrected chi connectivity index (χ1v) is 9.87. The van der Waals surface area contributed by atoms with Crippen LogP contribution in [0.1, 0.15) is 44.1 Å². The number of anilines is 1. The Kier molecular flexibility index (Phi) is 2.57. The van der Waals surface area contributed by atoms with E-state index in [1.807, 2.05) is 0 Å². The Morgan fingerprint density at radius 2 is 2.08 bits per heavy atom. The number of para-hydroxylation sites is 1. The molecule has 3 aliphatic carbocycles. The van der Waals surface area contributed by atoms with Crippen molar-refractivity contribution in [1.29, 1.82) is 0 Å². The zero-order valence-corrected chi connectivity index (χ0v) is 14.9.